The molecular formula is C18H15FN4O. The van der Waals surface area contributed by atoms with Gasteiger partial charge in [0.25, 0.3) is 5.91 Å². The number of aryl methyl sites for hydroxylation is 1. The highest BCUT2D eigenvalue weighted by atomic mass is 19.1. The third-order valence-corrected chi connectivity index (χ3v) is 3.29. The largest absolute Gasteiger partial charge is 0.339 e. The fourth-order valence-corrected chi connectivity index (χ4v) is 2.12. The first-order valence-corrected chi connectivity index (χ1v) is 7.34. The van der Waals surface area contributed by atoms with Gasteiger partial charge in [-0.05, 0) is 61.0 Å². The summed E-state index contributed by atoms with van der Waals surface area (Å²) in [5.41, 5.74) is 2.65. The Morgan fingerprint density at radius 1 is 0.958 bits per heavy atom. The van der Waals surface area contributed by atoms with Gasteiger partial charge >= 0.3 is 0 Å². The second-order valence-corrected chi connectivity index (χ2v) is 5.26. The number of benzene rings is 2. The quantitative estimate of drug-likeness (QED) is 0.764. The van der Waals surface area contributed by atoms with Crippen LogP contribution in [0.1, 0.15) is 16.1 Å². The summed E-state index contributed by atoms with van der Waals surface area (Å²) >= 11 is 0. The second-order valence-electron chi connectivity index (χ2n) is 5.26. The van der Waals surface area contributed by atoms with Gasteiger partial charge in [-0.1, -0.05) is 12.1 Å². The monoisotopic (exact) mass is 322 g/mol. The minimum Gasteiger partial charge on any atom is -0.339 e. The molecule has 24 heavy (non-hydrogen) atoms. The molecule has 5 nitrogen and oxygen atoms in total. The summed E-state index contributed by atoms with van der Waals surface area (Å²) in [5, 5.41) is 13.6. The molecule has 2 aromatic carbocycles. The number of carbonyl (C=O) groups excluding carboxylic acids is 1. The highest BCUT2D eigenvalue weighted by molar-refractivity contribution is 6.02. The maximum atomic E-state index is 12.9. The molecular weight excluding hydrogens is 307 g/mol. The predicted molar refractivity (Wildman–Crippen MR) is 90.8 cm³/mol. The zero-order valence-electron chi connectivity index (χ0n) is 13.0. The number of nitrogens with one attached hydrogen (secondary N) is 2. The Hall–Kier alpha value is -3.28. The van der Waals surface area contributed by atoms with Crippen molar-refractivity contribution in [3.8, 4) is 0 Å². The Bertz CT molecular complexity index is 848. The number of hydrogen-bond donors (Lipinski definition) is 2. The van der Waals surface area contributed by atoms with E-state index in [1.165, 1.54) is 12.1 Å². The van der Waals surface area contributed by atoms with Crippen molar-refractivity contribution in [2.75, 3.05) is 10.6 Å². The van der Waals surface area contributed by atoms with Crippen molar-refractivity contribution in [2.24, 2.45) is 0 Å². The van der Waals surface area contributed by atoms with Gasteiger partial charge < -0.3 is 10.6 Å². The molecule has 1 aromatic heterocycles. The van der Waals surface area contributed by atoms with Crippen LogP contribution in [-0.4, -0.2) is 16.1 Å². The van der Waals surface area contributed by atoms with E-state index in [0.717, 1.165) is 5.56 Å². The lowest BCUT2D eigenvalue weighted by Gasteiger charge is -2.07. The maximum absolute atomic E-state index is 12.9. The first kappa shape index (κ1) is 15.6. The van der Waals surface area contributed by atoms with Crippen molar-refractivity contribution >= 4 is 23.1 Å². The second kappa shape index (κ2) is 6.87. The minimum atomic E-state index is -0.332. The van der Waals surface area contributed by atoms with E-state index in [2.05, 4.69) is 20.8 Å². The average Bonchev–Trinajstić information content (AvgIpc) is 2.57. The number of halogens is 1. The van der Waals surface area contributed by atoms with Crippen LogP contribution in [0.25, 0.3) is 0 Å². The van der Waals surface area contributed by atoms with Gasteiger partial charge in [0.2, 0.25) is 0 Å². The Morgan fingerprint density at radius 3 is 2.42 bits per heavy atom. The summed E-state index contributed by atoms with van der Waals surface area (Å²) < 4.78 is 12.9. The Morgan fingerprint density at radius 2 is 1.75 bits per heavy atom. The molecule has 0 spiro atoms. The lowest BCUT2D eigenvalue weighted by molar-refractivity contribution is 0.102. The number of anilines is 3. The van der Waals surface area contributed by atoms with Crippen molar-refractivity contribution in [2.45, 2.75) is 6.92 Å². The van der Waals surface area contributed by atoms with Gasteiger partial charge in [-0.15, -0.1) is 10.2 Å². The van der Waals surface area contributed by atoms with Crippen molar-refractivity contribution in [3.05, 3.63) is 77.7 Å². The summed E-state index contributed by atoms with van der Waals surface area (Å²) in [4.78, 5) is 12.2. The topological polar surface area (TPSA) is 66.9 Å². The molecule has 0 unspecified atom stereocenters. The highest BCUT2D eigenvalue weighted by Crippen LogP contribution is 2.15. The van der Waals surface area contributed by atoms with E-state index in [0.29, 0.717) is 17.2 Å². The molecule has 0 aliphatic rings. The molecule has 0 aliphatic carbocycles. The molecule has 120 valence electrons. The fourth-order valence-electron chi connectivity index (χ4n) is 2.12. The van der Waals surface area contributed by atoms with Gasteiger partial charge in [-0.2, -0.15) is 0 Å². The zero-order valence-corrected chi connectivity index (χ0v) is 13.0. The average molecular weight is 322 g/mol. The number of amides is 1. The first-order valence-electron chi connectivity index (χ1n) is 7.34. The van der Waals surface area contributed by atoms with Crippen LogP contribution in [0.4, 0.5) is 21.6 Å². The van der Waals surface area contributed by atoms with Crippen LogP contribution < -0.4 is 10.6 Å². The van der Waals surface area contributed by atoms with Crippen LogP contribution in [0, 0.1) is 12.7 Å². The van der Waals surface area contributed by atoms with E-state index in [1.807, 2.05) is 31.2 Å². The van der Waals surface area contributed by atoms with Crippen molar-refractivity contribution in [3.63, 3.8) is 0 Å². The van der Waals surface area contributed by atoms with Gasteiger partial charge in [0.1, 0.15) is 5.82 Å². The molecule has 2 N–H and O–H groups in total. The van der Waals surface area contributed by atoms with E-state index in [4.69, 9.17) is 0 Å². The number of carbonyl (C=O) groups is 1. The number of aromatic nitrogens is 2. The molecule has 1 heterocycles. The molecule has 0 fully saturated rings. The zero-order chi connectivity index (χ0) is 16.9. The summed E-state index contributed by atoms with van der Waals surface area (Å²) in [7, 11) is 0. The van der Waals surface area contributed by atoms with Crippen molar-refractivity contribution in [1.82, 2.24) is 10.2 Å². The highest BCUT2D eigenvalue weighted by Gasteiger charge is 2.09. The van der Waals surface area contributed by atoms with Crippen LogP contribution in [-0.2, 0) is 0 Å². The Labute approximate surface area is 138 Å². The van der Waals surface area contributed by atoms with Gasteiger partial charge in [0.15, 0.2) is 11.5 Å². The summed E-state index contributed by atoms with van der Waals surface area (Å²) in [6.07, 6.45) is 0. The Balaban J connectivity index is 1.67. The summed E-state index contributed by atoms with van der Waals surface area (Å²) in [6, 6.07) is 16.6. The molecule has 6 heteroatoms. The number of rotatable bonds is 4. The van der Waals surface area contributed by atoms with E-state index in [1.54, 1.807) is 24.3 Å². The predicted octanol–water partition coefficient (Wildman–Crippen LogP) is 3.92. The van der Waals surface area contributed by atoms with E-state index < -0.39 is 0 Å². The number of nitrogens with zero attached hydrogens (tertiary/aromatic N) is 2. The van der Waals surface area contributed by atoms with E-state index in [-0.39, 0.29) is 17.4 Å². The third-order valence-electron chi connectivity index (χ3n) is 3.29. The molecule has 0 aliphatic heterocycles. The lowest BCUT2D eigenvalue weighted by Crippen LogP contribution is -2.14. The number of hydrogen-bond acceptors (Lipinski definition) is 4. The SMILES string of the molecule is Cc1cccc(NC(=O)c2ccc(Nc3ccc(F)cc3)nn2)c1. The Kier molecular flexibility index (Phi) is 4.47. The van der Waals surface area contributed by atoms with Gasteiger partial charge in [0.05, 0.1) is 0 Å². The van der Waals surface area contributed by atoms with Gasteiger partial charge in [0, 0.05) is 11.4 Å². The van der Waals surface area contributed by atoms with Crippen LogP contribution in [0.2, 0.25) is 0 Å². The van der Waals surface area contributed by atoms with Gasteiger partial charge in [-0.3, -0.25) is 4.79 Å². The van der Waals surface area contributed by atoms with E-state index in [9.17, 15) is 9.18 Å². The molecule has 0 atom stereocenters. The molecule has 3 rings (SSSR count). The standard InChI is InChI=1S/C18H15FN4O/c1-12-3-2-4-15(11-12)21-18(24)16-9-10-17(23-22-16)20-14-7-5-13(19)6-8-14/h2-11H,1H3,(H,20,23)(H,21,24). The summed E-state index contributed by atoms with van der Waals surface area (Å²) in [5.74, 6) is -0.176. The molecule has 0 radical (unpaired) electrons. The van der Waals surface area contributed by atoms with Crippen LogP contribution in [0.3, 0.4) is 0 Å². The molecule has 0 bridgehead atoms. The van der Waals surface area contributed by atoms with E-state index >= 15 is 0 Å². The normalized spacial score (nSPS) is 10.2. The van der Waals surface area contributed by atoms with Crippen LogP contribution >= 0.6 is 0 Å². The smallest absolute Gasteiger partial charge is 0.276 e. The van der Waals surface area contributed by atoms with Gasteiger partial charge in [-0.25, -0.2) is 4.39 Å². The summed E-state index contributed by atoms with van der Waals surface area (Å²) in [6.45, 7) is 1.95. The van der Waals surface area contributed by atoms with Crippen molar-refractivity contribution < 1.29 is 9.18 Å². The molecule has 0 saturated heterocycles. The maximum Gasteiger partial charge on any atom is 0.276 e. The van der Waals surface area contributed by atoms with Crippen molar-refractivity contribution in [1.29, 1.82) is 0 Å². The lowest BCUT2D eigenvalue weighted by atomic mass is 10.2. The fraction of sp³-hybridized carbons (Fsp3) is 0.0556. The van der Waals surface area contributed by atoms with Crippen LogP contribution in [0.15, 0.2) is 60.7 Å². The third kappa shape index (κ3) is 3.92. The molecule has 3 aromatic rings. The molecule has 0 saturated carbocycles. The molecule has 1 amide bonds. The van der Waals surface area contributed by atoms with Crippen LogP contribution in [0.5, 0.6) is 0 Å². The first-order chi connectivity index (χ1) is 11.6. The minimum absolute atomic E-state index is 0.209.